The maximum absolute atomic E-state index is 2.56. The van der Waals surface area contributed by atoms with Gasteiger partial charge in [0, 0.05) is 17.2 Å². The third kappa shape index (κ3) is 2.67. The first-order chi connectivity index (χ1) is 13.0. The highest BCUT2D eigenvalue weighted by molar-refractivity contribution is 7.16. The molecule has 0 saturated heterocycles. The molecule has 144 valence electrons. The average molecular weight is 403 g/mol. The summed E-state index contributed by atoms with van der Waals surface area (Å²) >= 11 is 0. The predicted octanol–water partition coefficient (Wildman–Crippen LogP) is 3.06. The first-order valence-electron chi connectivity index (χ1n) is 10.3. The minimum atomic E-state index is -1.72. The summed E-state index contributed by atoms with van der Waals surface area (Å²) in [6.07, 6.45) is 2.26. The molecular formula is C25H32NSi2+. The smallest absolute Gasteiger partial charge is 0.201 e. The Bertz CT molecular complexity index is 1110. The second-order valence-electron chi connectivity index (χ2n) is 9.64. The Hall–Kier alpha value is -1.98. The highest BCUT2D eigenvalue weighted by Crippen LogP contribution is 2.24. The van der Waals surface area contributed by atoms with Crippen molar-refractivity contribution in [1.82, 2.24) is 0 Å². The number of hydrogen-bond donors (Lipinski definition) is 0. The van der Waals surface area contributed by atoms with E-state index >= 15 is 0 Å². The Morgan fingerprint density at radius 2 is 1.18 bits per heavy atom. The van der Waals surface area contributed by atoms with Gasteiger partial charge in [-0.25, -0.2) is 4.57 Å². The molecule has 1 nitrogen and oxygen atoms in total. The van der Waals surface area contributed by atoms with Gasteiger partial charge >= 0.3 is 0 Å². The molecule has 0 aliphatic carbocycles. The molecule has 0 fully saturated rings. The standard InChI is InChI=1S/C25H32NSi2/c1-17-13-21(26(4)16-19(17)3)20-15-25-24(14-18(20)2)27(5,6)22-11-9-10-12-23(22)28(25,7)8/h9-16H,1-8H3/q+1. The lowest BCUT2D eigenvalue weighted by molar-refractivity contribution is -0.660. The van der Waals surface area contributed by atoms with Crippen LogP contribution in [0.2, 0.25) is 26.2 Å². The van der Waals surface area contributed by atoms with E-state index in [1.165, 1.54) is 27.9 Å². The zero-order valence-electron chi connectivity index (χ0n) is 18.6. The maximum atomic E-state index is 2.56. The molecule has 0 radical (unpaired) electrons. The zero-order valence-corrected chi connectivity index (χ0v) is 20.6. The van der Waals surface area contributed by atoms with Gasteiger partial charge < -0.3 is 0 Å². The van der Waals surface area contributed by atoms with Crippen molar-refractivity contribution in [3.05, 3.63) is 65.4 Å². The topological polar surface area (TPSA) is 3.88 Å². The molecule has 0 unspecified atom stereocenters. The van der Waals surface area contributed by atoms with Crippen LogP contribution in [0, 0.1) is 20.8 Å². The van der Waals surface area contributed by atoms with Crippen molar-refractivity contribution >= 4 is 36.9 Å². The van der Waals surface area contributed by atoms with E-state index in [1.807, 2.05) is 0 Å². The van der Waals surface area contributed by atoms with Crippen LogP contribution in [0.4, 0.5) is 0 Å². The molecule has 1 aliphatic rings. The third-order valence-electron chi connectivity index (χ3n) is 7.00. The Labute approximate surface area is 172 Å². The first-order valence-corrected chi connectivity index (χ1v) is 16.3. The maximum Gasteiger partial charge on any atom is 0.212 e. The van der Waals surface area contributed by atoms with Crippen molar-refractivity contribution in [3.8, 4) is 11.3 Å². The minimum absolute atomic E-state index is 1.33. The number of pyridine rings is 1. The summed E-state index contributed by atoms with van der Waals surface area (Å²) in [5.41, 5.74) is 6.84. The second kappa shape index (κ2) is 6.26. The summed E-state index contributed by atoms with van der Waals surface area (Å²) in [5, 5.41) is 6.62. The quantitative estimate of drug-likeness (QED) is 0.435. The number of aryl methyl sites for hydroxylation is 4. The molecule has 0 N–H and O–H groups in total. The van der Waals surface area contributed by atoms with Crippen LogP contribution in [0.15, 0.2) is 48.7 Å². The number of aromatic nitrogens is 1. The van der Waals surface area contributed by atoms with Crippen LogP contribution in [0.5, 0.6) is 0 Å². The third-order valence-corrected chi connectivity index (χ3v) is 14.6. The van der Waals surface area contributed by atoms with Crippen LogP contribution in [0.1, 0.15) is 16.7 Å². The monoisotopic (exact) mass is 402 g/mol. The lowest BCUT2D eigenvalue weighted by Gasteiger charge is -2.42. The van der Waals surface area contributed by atoms with Gasteiger partial charge in [-0.1, -0.05) is 77.3 Å². The van der Waals surface area contributed by atoms with Crippen LogP contribution in [0.25, 0.3) is 11.3 Å². The molecule has 0 atom stereocenters. The highest BCUT2D eigenvalue weighted by atomic mass is 28.3. The molecule has 1 aliphatic heterocycles. The Kier molecular flexibility index (Phi) is 4.33. The highest BCUT2D eigenvalue weighted by Gasteiger charge is 2.44. The van der Waals surface area contributed by atoms with Gasteiger partial charge in [0.1, 0.15) is 23.2 Å². The van der Waals surface area contributed by atoms with Crippen LogP contribution in [0.3, 0.4) is 0 Å². The Morgan fingerprint density at radius 1 is 0.643 bits per heavy atom. The Balaban J connectivity index is 2.03. The fourth-order valence-electron chi connectivity index (χ4n) is 5.03. The molecule has 2 aromatic carbocycles. The van der Waals surface area contributed by atoms with Crippen molar-refractivity contribution in [2.24, 2.45) is 7.05 Å². The molecule has 2 heterocycles. The van der Waals surface area contributed by atoms with E-state index in [2.05, 4.69) is 107 Å². The van der Waals surface area contributed by atoms with Gasteiger partial charge in [-0.2, -0.15) is 0 Å². The van der Waals surface area contributed by atoms with Crippen molar-refractivity contribution in [1.29, 1.82) is 0 Å². The van der Waals surface area contributed by atoms with E-state index in [9.17, 15) is 0 Å². The van der Waals surface area contributed by atoms with Gasteiger partial charge in [0.05, 0.1) is 0 Å². The fourth-order valence-corrected chi connectivity index (χ4v) is 14.5. The van der Waals surface area contributed by atoms with E-state index in [4.69, 9.17) is 0 Å². The van der Waals surface area contributed by atoms with Gasteiger partial charge in [-0.05, 0) is 38.0 Å². The number of fused-ring (bicyclic) bond motifs is 2. The van der Waals surface area contributed by atoms with Crippen LogP contribution < -0.4 is 25.3 Å². The molecule has 0 amide bonds. The summed E-state index contributed by atoms with van der Waals surface area (Å²) in [6.45, 7) is 16.8. The zero-order chi connectivity index (χ0) is 20.4. The fraction of sp³-hybridized carbons (Fsp3) is 0.320. The molecular weight excluding hydrogens is 370 g/mol. The van der Waals surface area contributed by atoms with E-state index in [1.54, 1.807) is 20.7 Å². The van der Waals surface area contributed by atoms with Crippen LogP contribution >= 0.6 is 0 Å². The molecule has 1 aromatic heterocycles. The van der Waals surface area contributed by atoms with Crippen molar-refractivity contribution < 1.29 is 4.57 Å². The van der Waals surface area contributed by atoms with Gasteiger partial charge in [-0.15, -0.1) is 0 Å². The van der Waals surface area contributed by atoms with Crippen molar-refractivity contribution in [3.63, 3.8) is 0 Å². The first kappa shape index (κ1) is 19.3. The average Bonchev–Trinajstić information content (AvgIpc) is 2.63. The second-order valence-corrected chi connectivity index (χ2v) is 18.3. The van der Waals surface area contributed by atoms with Crippen LogP contribution in [-0.4, -0.2) is 16.1 Å². The van der Waals surface area contributed by atoms with Gasteiger partial charge in [0.15, 0.2) is 6.20 Å². The van der Waals surface area contributed by atoms with Gasteiger partial charge in [0.2, 0.25) is 5.69 Å². The molecule has 28 heavy (non-hydrogen) atoms. The van der Waals surface area contributed by atoms with E-state index in [-0.39, 0.29) is 0 Å². The predicted molar refractivity (Wildman–Crippen MR) is 127 cm³/mol. The molecule has 4 rings (SSSR count). The van der Waals surface area contributed by atoms with E-state index < -0.39 is 16.1 Å². The summed E-state index contributed by atoms with van der Waals surface area (Å²) in [6, 6.07) is 16.8. The normalized spacial score (nSPS) is 16.4. The minimum Gasteiger partial charge on any atom is -0.201 e. The number of rotatable bonds is 1. The molecule has 3 heteroatoms. The van der Waals surface area contributed by atoms with E-state index in [0.29, 0.717) is 0 Å². The molecule has 0 saturated carbocycles. The SMILES string of the molecule is Cc1cc(-c2cc3c(cc2C)[Si](C)(C)c2ccccc2[Si]3(C)C)[n+](C)cc1C. The Morgan fingerprint density at radius 3 is 1.75 bits per heavy atom. The van der Waals surface area contributed by atoms with Gasteiger partial charge in [0.25, 0.3) is 0 Å². The molecule has 0 bridgehead atoms. The largest absolute Gasteiger partial charge is 0.212 e. The lowest BCUT2D eigenvalue weighted by Crippen LogP contribution is -2.77. The lowest BCUT2D eigenvalue weighted by atomic mass is 10.0. The van der Waals surface area contributed by atoms with Gasteiger partial charge in [-0.3, -0.25) is 0 Å². The summed E-state index contributed by atoms with van der Waals surface area (Å²) in [4.78, 5) is 0. The number of benzene rings is 2. The number of nitrogens with zero attached hydrogens (tertiary/aromatic N) is 1. The van der Waals surface area contributed by atoms with Crippen molar-refractivity contribution in [2.45, 2.75) is 47.0 Å². The molecule has 3 aromatic rings. The van der Waals surface area contributed by atoms with Crippen LogP contribution in [-0.2, 0) is 7.05 Å². The van der Waals surface area contributed by atoms with Crippen molar-refractivity contribution in [2.75, 3.05) is 0 Å². The number of hydrogen-bond acceptors (Lipinski definition) is 0. The summed E-state index contributed by atoms with van der Waals surface area (Å²) in [7, 11) is -1.23. The summed E-state index contributed by atoms with van der Waals surface area (Å²) in [5.74, 6) is 0. The summed E-state index contributed by atoms with van der Waals surface area (Å²) < 4.78 is 2.30. The molecule has 0 spiro atoms. The van der Waals surface area contributed by atoms with E-state index in [0.717, 1.165) is 0 Å².